The third kappa shape index (κ3) is 47.2. The molecule has 0 saturated carbocycles. The van der Waals surface area contributed by atoms with Gasteiger partial charge in [0, 0.05) is 19.3 Å². The van der Waals surface area contributed by atoms with Gasteiger partial charge >= 0.3 is 11.9 Å². The van der Waals surface area contributed by atoms with E-state index in [9.17, 15) is 19.5 Å². The molecule has 0 bridgehead atoms. The fourth-order valence-electron chi connectivity index (χ4n) is 9.08. The molecule has 65 heavy (non-hydrogen) atoms. The maximum atomic E-state index is 12.8. The molecule has 0 aliphatic carbocycles. The molecule has 2 unspecified atom stereocenters. The molecule has 0 amide bonds. The monoisotopic (exact) mass is 922 g/mol. The van der Waals surface area contributed by atoms with E-state index >= 15 is 0 Å². The van der Waals surface area contributed by atoms with E-state index in [1.165, 1.54) is 225 Å². The second kappa shape index (κ2) is 48.8. The highest BCUT2D eigenvalue weighted by molar-refractivity contribution is 5.70. The molecule has 0 fully saturated rings. The third-order valence-electron chi connectivity index (χ3n) is 13.5. The summed E-state index contributed by atoms with van der Waals surface area (Å²) in [5.41, 5.74) is 0. The summed E-state index contributed by atoms with van der Waals surface area (Å²) in [4.78, 5) is 37.1. The molecule has 0 heterocycles. The minimum Gasteiger partial charge on any atom is -0.544 e. The van der Waals surface area contributed by atoms with Crippen molar-refractivity contribution in [2.24, 2.45) is 0 Å². The largest absolute Gasteiger partial charge is 0.544 e. The van der Waals surface area contributed by atoms with Gasteiger partial charge < -0.3 is 28.6 Å². The van der Waals surface area contributed by atoms with Crippen molar-refractivity contribution in [3.8, 4) is 0 Å². The van der Waals surface area contributed by atoms with Crippen LogP contribution in [-0.4, -0.2) is 75.5 Å². The number of quaternary nitrogens is 1. The first-order valence-electron chi connectivity index (χ1n) is 28.6. The Kier molecular flexibility index (Phi) is 47.5. The van der Waals surface area contributed by atoms with E-state index in [4.69, 9.17) is 14.2 Å². The fourth-order valence-corrected chi connectivity index (χ4v) is 9.08. The van der Waals surface area contributed by atoms with Gasteiger partial charge in [0.25, 0.3) is 0 Å². The number of rotatable bonds is 53. The van der Waals surface area contributed by atoms with E-state index in [1.54, 1.807) is 0 Å². The first kappa shape index (κ1) is 63.3. The fraction of sp³-hybridized carbons (Fsp3) is 0.947. The molecular weight excluding hydrogens is 811 g/mol. The summed E-state index contributed by atoms with van der Waals surface area (Å²) >= 11 is 0. The Morgan fingerprint density at radius 2 is 0.677 bits per heavy atom. The zero-order valence-corrected chi connectivity index (χ0v) is 44.2. The Labute approximate surface area is 404 Å². The van der Waals surface area contributed by atoms with Gasteiger partial charge in [-0.3, -0.25) is 9.59 Å². The molecule has 0 aliphatic rings. The summed E-state index contributed by atoms with van der Waals surface area (Å²) < 4.78 is 17.3. The number of nitrogens with zero attached hydrogens (tertiary/aromatic N) is 1. The zero-order chi connectivity index (χ0) is 47.7. The first-order chi connectivity index (χ1) is 31.6. The lowest BCUT2D eigenvalue weighted by Crippen LogP contribution is -2.55. The quantitative estimate of drug-likeness (QED) is 0.0340. The molecule has 0 spiro atoms. The average Bonchev–Trinajstić information content (AvgIpc) is 3.27. The number of ether oxygens (including phenoxy) is 3. The van der Waals surface area contributed by atoms with Crippen molar-refractivity contribution in [2.75, 3.05) is 41.0 Å². The summed E-state index contributed by atoms with van der Waals surface area (Å²) in [7, 11) is 5.44. The predicted octanol–water partition coefficient (Wildman–Crippen LogP) is 15.5. The van der Waals surface area contributed by atoms with Crippen molar-refractivity contribution in [1.29, 1.82) is 0 Å². The van der Waals surface area contributed by atoms with Gasteiger partial charge in [-0.1, -0.05) is 264 Å². The van der Waals surface area contributed by atoms with E-state index in [-0.39, 0.29) is 42.7 Å². The molecule has 0 aromatic rings. The van der Waals surface area contributed by atoms with Crippen molar-refractivity contribution < 1.29 is 38.2 Å². The van der Waals surface area contributed by atoms with Crippen LogP contribution in [0.5, 0.6) is 0 Å². The number of hydrogen-bond donors (Lipinski definition) is 0. The Hall–Kier alpha value is -1.67. The molecular formula is C57H111NO7. The lowest BCUT2D eigenvalue weighted by molar-refractivity contribution is -0.889. The minimum atomic E-state index is -1.12. The topological polar surface area (TPSA) is 102 Å². The predicted molar refractivity (Wildman–Crippen MR) is 273 cm³/mol. The van der Waals surface area contributed by atoms with Crippen molar-refractivity contribution >= 4 is 17.9 Å². The number of aliphatic carboxylic acids is 1. The summed E-state index contributed by atoms with van der Waals surface area (Å²) in [5.74, 6) is -1.70. The van der Waals surface area contributed by atoms with Gasteiger partial charge in [0.2, 0.25) is 0 Å². The summed E-state index contributed by atoms with van der Waals surface area (Å²) in [6.07, 6.45) is 54.3. The number of unbranched alkanes of at least 4 members (excludes halogenated alkanes) is 39. The van der Waals surface area contributed by atoms with Crippen LogP contribution in [0.4, 0.5) is 0 Å². The lowest BCUT2D eigenvalue weighted by Gasteiger charge is -2.34. The normalized spacial score (nSPS) is 12.7. The van der Waals surface area contributed by atoms with Gasteiger partial charge in [0.15, 0.2) is 6.10 Å². The standard InChI is InChI=1S/C57H111NO7/c1-6-8-10-12-14-16-18-20-22-24-26-27-28-30-31-33-35-37-39-41-43-45-47-55(59)64-52-53(51-63-50-49-54(57(61)62)58(3,4)5)65-56(60)48-46-44-42-40-38-36-34-32-29-25-23-21-19-17-15-13-11-9-7-2/h53-54H,6-52H2,1-5H3. The maximum Gasteiger partial charge on any atom is 0.306 e. The highest BCUT2D eigenvalue weighted by Gasteiger charge is 2.25. The van der Waals surface area contributed by atoms with Crippen LogP contribution in [0.25, 0.3) is 0 Å². The summed E-state index contributed by atoms with van der Waals surface area (Å²) in [5, 5.41) is 11.7. The summed E-state index contributed by atoms with van der Waals surface area (Å²) in [6, 6.07) is -0.720. The van der Waals surface area contributed by atoms with Crippen LogP contribution >= 0.6 is 0 Å². The molecule has 0 aromatic heterocycles. The second-order valence-electron chi connectivity index (χ2n) is 20.9. The summed E-state index contributed by atoms with van der Waals surface area (Å²) in [6.45, 7) is 4.74. The van der Waals surface area contributed by atoms with Gasteiger partial charge in [-0.05, 0) is 12.8 Å². The molecule has 386 valence electrons. The zero-order valence-electron chi connectivity index (χ0n) is 44.2. The lowest BCUT2D eigenvalue weighted by atomic mass is 10.0. The Morgan fingerprint density at radius 1 is 0.400 bits per heavy atom. The van der Waals surface area contributed by atoms with Gasteiger partial charge in [-0.2, -0.15) is 0 Å². The molecule has 0 aliphatic heterocycles. The number of esters is 2. The molecule has 0 aromatic carbocycles. The number of carbonyl (C=O) groups is 3. The van der Waals surface area contributed by atoms with E-state index < -0.39 is 18.1 Å². The Bertz CT molecular complexity index is 1030. The van der Waals surface area contributed by atoms with E-state index in [0.717, 1.165) is 38.5 Å². The number of carbonyl (C=O) groups excluding carboxylic acids is 3. The van der Waals surface area contributed by atoms with Crippen LogP contribution < -0.4 is 5.11 Å². The first-order valence-corrected chi connectivity index (χ1v) is 28.6. The number of hydrogen-bond acceptors (Lipinski definition) is 7. The van der Waals surface area contributed by atoms with Crippen molar-refractivity contribution in [1.82, 2.24) is 0 Å². The SMILES string of the molecule is CCCCCCCCCCCCCCCCCCCCCCCCC(=O)OCC(COCCC(C(=O)[O-])[N+](C)(C)C)OC(=O)CCCCCCCCCCCCCCCCCCCCC. The Balaban J connectivity index is 4.11. The van der Waals surface area contributed by atoms with Gasteiger partial charge in [-0.15, -0.1) is 0 Å². The molecule has 0 rings (SSSR count). The van der Waals surface area contributed by atoms with Crippen LogP contribution in [0.3, 0.4) is 0 Å². The van der Waals surface area contributed by atoms with E-state index in [2.05, 4.69) is 13.8 Å². The molecule has 8 heteroatoms. The third-order valence-corrected chi connectivity index (χ3v) is 13.5. The molecule has 2 atom stereocenters. The number of likely N-dealkylation sites (N-methyl/N-ethyl adjacent to an activating group) is 1. The average molecular weight is 923 g/mol. The minimum absolute atomic E-state index is 0.0501. The number of carboxylic acids is 1. The molecule has 0 radical (unpaired) electrons. The van der Waals surface area contributed by atoms with Gasteiger partial charge in [0.1, 0.15) is 12.6 Å². The van der Waals surface area contributed by atoms with E-state index in [0.29, 0.717) is 12.8 Å². The Morgan fingerprint density at radius 3 is 0.954 bits per heavy atom. The maximum absolute atomic E-state index is 12.8. The van der Waals surface area contributed by atoms with Gasteiger partial charge in [0.05, 0.1) is 40.3 Å². The van der Waals surface area contributed by atoms with E-state index in [1.807, 2.05) is 21.1 Å². The van der Waals surface area contributed by atoms with Crippen LogP contribution in [0.1, 0.15) is 296 Å². The van der Waals surface area contributed by atoms with Gasteiger partial charge in [-0.25, -0.2) is 0 Å². The molecule has 0 saturated heterocycles. The second-order valence-corrected chi connectivity index (χ2v) is 20.9. The van der Waals surface area contributed by atoms with Crippen molar-refractivity contribution in [3.05, 3.63) is 0 Å². The van der Waals surface area contributed by atoms with Crippen molar-refractivity contribution in [3.63, 3.8) is 0 Å². The van der Waals surface area contributed by atoms with Crippen molar-refractivity contribution in [2.45, 2.75) is 309 Å². The smallest absolute Gasteiger partial charge is 0.306 e. The van der Waals surface area contributed by atoms with Crippen LogP contribution in [0, 0.1) is 0 Å². The van der Waals surface area contributed by atoms with Crippen LogP contribution in [-0.2, 0) is 28.6 Å². The highest BCUT2D eigenvalue weighted by atomic mass is 16.6. The highest BCUT2D eigenvalue weighted by Crippen LogP contribution is 2.18. The van der Waals surface area contributed by atoms with Crippen LogP contribution in [0.2, 0.25) is 0 Å². The van der Waals surface area contributed by atoms with Crippen LogP contribution in [0.15, 0.2) is 0 Å². The number of carboxylic acid groups (broad SMARTS) is 1. The molecule has 0 N–H and O–H groups in total. The molecule has 8 nitrogen and oxygen atoms in total.